The first-order valence-electron chi connectivity index (χ1n) is 10.5. The molecular formula is C26H23NO4. The minimum absolute atomic E-state index is 0.0614. The summed E-state index contributed by atoms with van der Waals surface area (Å²) in [7, 11) is 0. The quantitative estimate of drug-likeness (QED) is 0.481. The maximum Gasteiger partial charge on any atom is 0.187 e. The molecule has 0 amide bonds. The molecule has 0 fully saturated rings. The van der Waals surface area contributed by atoms with E-state index in [-0.39, 0.29) is 5.78 Å². The van der Waals surface area contributed by atoms with E-state index in [2.05, 4.69) is 5.32 Å². The fraction of sp³-hybridized carbons (Fsp3) is 0.192. The second kappa shape index (κ2) is 8.56. The molecule has 1 N–H and O–H groups in total. The molecule has 0 saturated heterocycles. The van der Waals surface area contributed by atoms with Gasteiger partial charge in [-0.25, -0.2) is 0 Å². The molecule has 2 aliphatic rings. The number of nitrogens with one attached hydrogen (secondary N) is 1. The second-order valence-corrected chi connectivity index (χ2v) is 7.55. The van der Waals surface area contributed by atoms with Gasteiger partial charge in [-0.15, -0.1) is 0 Å². The van der Waals surface area contributed by atoms with Crippen molar-refractivity contribution in [3.63, 3.8) is 0 Å². The highest BCUT2D eigenvalue weighted by molar-refractivity contribution is 6.08. The monoisotopic (exact) mass is 413 g/mol. The zero-order valence-electron chi connectivity index (χ0n) is 17.1. The summed E-state index contributed by atoms with van der Waals surface area (Å²) in [6, 6.07) is 20.8. The Labute approximate surface area is 181 Å². The van der Waals surface area contributed by atoms with Crippen molar-refractivity contribution >= 4 is 11.5 Å². The van der Waals surface area contributed by atoms with Gasteiger partial charge in [0, 0.05) is 35.9 Å². The molecule has 5 rings (SSSR count). The van der Waals surface area contributed by atoms with Crippen LogP contribution < -0.4 is 19.5 Å². The van der Waals surface area contributed by atoms with Crippen molar-refractivity contribution in [2.24, 2.45) is 0 Å². The number of allylic oxidation sites excluding steroid dienone is 1. The van der Waals surface area contributed by atoms with Crippen molar-refractivity contribution < 1.29 is 19.0 Å². The Kier molecular flexibility index (Phi) is 5.31. The van der Waals surface area contributed by atoms with Gasteiger partial charge in [0.1, 0.15) is 11.5 Å². The highest BCUT2D eigenvalue weighted by Gasteiger charge is 2.20. The van der Waals surface area contributed by atoms with Crippen molar-refractivity contribution in [1.29, 1.82) is 0 Å². The number of carbonyl (C=O) groups excluding carboxylic acids is 1. The molecule has 156 valence electrons. The zero-order valence-corrected chi connectivity index (χ0v) is 17.1. The molecule has 31 heavy (non-hydrogen) atoms. The predicted octanol–water partition coefficient (Wildman–Crippen LogP) is 5.01. The number of para-hydroxylation sites is 1. The maximum atomic E-state index is 12.9. The summed E-state index contributed by atoms with van der Waals surface area (Å²) in [5.41, 5.74) is 3.57. The Balaban J connectivity index is 1.37. The lowest BCUT2D eigenvalue weighted by atomic mass is 9.95. The summed E-state index contributed by atoms with van der Waals surface area (Å²) >= 11 is 0. The van der Waals surface area contributed by atoms with E-state index < -0.39 is 0 Å². The molecule has 0 saturated carbocycles. The Bertz CT molecular complexity index is 1120. The number of fused-ring (bicyclic) bond motifs is 2. The predicted molar refractivity (Wildman–Crippen MR) is 119 cm³/mol. The number of hydrogen-bond donors (Lipinski definition) is 1. The molecule has 2 aliphatic heterocycles. The molecule has 5 heteroatoms. The first-order chi connectivity index (χ1) is 15.3. The number of carbonyl (C=O) groups is 1. The minimum atomic E-state index is -0.0614. The average molecular weight is 413 g/mol. The number of ketones is 1. The van der Waals surface area contributed by atoms with Gasteiger partial charge in [-0.2, -0.15) is 0 Å². The summed E-state index contributed by atoms with van der Waals surface area (Å²) in [4.78, 5) is 12.9. The molecule has 0 radical (unpaired) electrons. The van der Waals surface area contributed by atoms with Crippen LogP contribution in [0.1, 0.15) is 27.9 Å². The summed E-state index contributed by atoms with van der Waals surface area (Å²) < 4.78 is 17.5. The lowest BCUT2D eigenvalue weighted by Crippen LogP contribution is -2.23. The largest absolute Gasteiger partial charge is 0.490 e. The highest BCUT2D eigenvalue weighted by Crippen LogP contribution is 2.36. The van der Waals surface area contributed by atoms with Gasteiger partial charge >= 0.3 is 0 Å². The van der Waals surface area contributed by atoms with Gasteiger partial charge in [0.15, 0.2) is 17.3 Å². The number of ether oxygens (including phenoxy) is 3. The normalized spacial score (nSPS) is 16.1. The first kappa shape index (κ1) is 19.2. The first-order valence-corrected chi connectivity index (χ1v) is 10.5. The Morgan fingerprint density at radius 1 is 0.903 bits per heavy atom. The standard InChI is InChI=1S/C26H23NO4/c28-24(18-7-9-21(10-8-18)31-20-5-2-1-3-6-20)17-23-22-16-26-25(29-13-4-14-30-26)15-19(22)11-12-27-23/h1-3,5-10,15-17,27H,4,11-14H2. The lowest BCUT2D eigenvalue weighted by Gasteiger charge is -2.23. The molecular weight excluding hydrogens is 390 g/mol. The van der Waals surface area contributed by atoms with Crippen molar-refractivity contribution in [1.82, 2.24) is 5.32 Å². The fourth-order valence-corrected chi connectivity index (χ4v) is 3.79. The fourth-order valence-electron chi connectivity index (χ4n) is 3.79. The second-order valence-electron chi connectivity index (χ2n) is 7.55. The van der Waals surface area contributed by atoms with Crippen LogP contribution in [0.5, 0.6) is 23.0 Å². The van der Waals surface area contributed by atoms with Crippen molar-refractivity contribution in [2.75, 3.05) is 19.8 Å². The van der Waals surface area contributed by atoms with Crippen LogP contribution in [0.25, 0.3) is 5.70 Å². The maximum absolute atomic E-state index is 12.9. The van der Waals surface area contributed by atoms with E-state index in [0.29, 0.717) is 24.5 Å². The van der Waals surface area contributed by atoms with Crippen molar-refractivity contribution in [2.45, 2.75) is 12.8 Å². The van der Waals surface area contributed by atoms with Gasteiger partial charge in [0.25, 0.3) is 0 Å². The Morgan fingerprint density at radius 3 is 2.39 bits per heavy atom. The van der Waals surface area contributed by atoms with Crippen LogP contribution in [0.15, 0.2) is 72.8 Å². The summed E-state index contributed by atoms with van der Waals surface area (Å²) in [5.74, 6) is 2.92. The molecule has 0 aliphatic carbocycles. The van der Waals surface area contributed by atoms with E-state index in [1.165, 1.54) is 0 Å². The molecule has 0 spiro atoms. The SMILES string of the molecule is O=C(C=C1NCCc2cc3c(cc21)OCCCO3)c1ccc(Oc2ccccc2)cc1. The average Bonchev–Trinajstić information content (AvgIpc) is 3.04. The molecule has 0 bridgehead atoms. The van der Waals surface area contributed by atoms with Crippen LogP contribution in [-0.2, 0) is 6.42 Å². The molecule has 0 atom stereocenters. The van der Waals surface area contributed by atoms with Crippen LogP contribution >= 0.6 is 0 Å². The van der Waals surface area contributed by atoms with Crippen LogP contribution in [0, 0.1) is 0 Å². The van der Waals surface area contributed by atoms with Gasteiger partial charge in [-0.3, -0.25) is 4.79 Å². The van der Waals surface area contributed by atoms with Crippen LogP contribution in [-0.4, -0.2) is 25.5 Å². The molecule has 2 heterocycles. The number of hydrogen-bond acceptors (Lipinski definition) is 5. The topological polar surface area (TPSA) is 56.8 Å². The van der Waals surface area contributed by atoms with E-state index in [1.54, 1.807) is 18.2 Å². The molecule has 3 aromatic rings. The van der Waals surface area contributed by atoms with Gasteiger partial charge in [0.2, 0.25) is 0 Å². The zero-order chi connectivity index (χ0) is 21.0. The van der Waals surface area contributed by atoms with E-state index in [1.807, 2.05) is 54.6 Å². The molecule has 5 nitrogen and oxygen atoms in total. The van der Waals surface area contributed by atoms with E-state index in [4.69, 9.17) is 14.2 Å². The van der Waals surface area contributed by atoms with Gasteiger partial charge in [-0.1, -0.05) is 18.2 Å². The van der Waals surface area contributed by atoms with E-state index >= 15 is 0 Å². The summed E-state index contributed by atoms with van der Waals surface area (Å²) in [6.07, 6.45) is 3.40. The summed E-state index contributed by atoms with van der Waals surface area (Å²) in [5, 5.41) is 3.36. The molecule has 3 aromatic carbocycles. The third kappa shape index (κ3) is 4.26. The smallest absolute Gasteiger partial charge is 0.187 e. The van der Waals surface area contributed by atoms with E-state index in [0.717, 1.165) is 53.5 Å². The van der Waals surface area contributed by atoms with Crippen LogP contribution in [0.4, 0.5) is 0 Å². The molecule has 0 aromatic heterocycles. The van der Waals surface area contributed by atoms with Gasteiger partial charge in [0.05, 0.1) is 13.2 Å². The van der Waals surface area contributed by atoms with Crippen molar-refractivity contribution in [3.8, 4) is 23.0 Å². The van der Waals surface area contributed by atoms with Crippen LogP contribution in [0.2, 0.25) is 0 Å². The highest BCUT2D eigenvalue weighted by atomic mass is 16.5. The third-order valence-corrected chi connectivity index (χ3v) is 5.37. The Morgan fingerprint density at radius 2 is 1.61 bits per heavy atom. The van der Waals surface area contributed by atoms with Gasteiger partial charge < -0.3 is 19.5 Å². The lowest BCUT2D eigenvalue weighted by molar-refractivity contribution is 0.104. The Hall–Kier alpha value is -3.73. The minimum Gasteiger partial charge on any atom is -0.490 e. The summed E-state index contributed by atoms with van der Waals surface area (Å²) in [6.45, 7) is 2.07. The number of rotatable bonds is 4. The van der Waals surface area contributed by atoms with Crippen LogP contribution in [0.3, 0.4) is 0 Å². The number of benzene rings is 3. The third-order valence-electron chi connectivity index (χ3n) is 5.37. The van der Waals surface area contributed by atoms with E-state index in [9.17, 15) is 4.79 Å². The molecule has 0 unspecified atom stereocenters. The van der Waals surface area contributed by atoms with Gasteiger partial charge in [-0.05, 0) is 60.5 Å². The van der Waals surface area contributed by atoms with Crippen molar-refractivity contribution in [3.05, 3.63) is 89.5 Å².